The highest BCUT2D eigenvalue weighted by Gasteiger charge is 2.32. The van der Waals surface area contributed by atoms with Crippen molar-refractivity contribution >= 4 is 17.2 Å². The van der Waals surface area contributed by atoms with Crippen LogP contribution in [0.3, 0.4) is 0 Å². The second-order valence-electron chi connectivity index (χ2n) is 4.42. The zero-order valence-electron chi connectivity index (χ0n) is 10.3. The predicted octanol–water partition coefficient (Wildman–Crippen LogP) is 2.90. The average molecular weight is 293 g/mol. The molecule has 19 heavy (non-hydrogen) atoms. The lowest BCUT2D eigenvalue weighted by molar-refractivity contribution is -0.137. The number of fused-ring (bicyclic) bond motifs is 1. The Morgan fingerprint density at radius 2 is 2.05 bits per heavy atom. The maximum Gasteiger partial charge on any atom is 0.417 e. The summed E-state index contributed by atoms with van der Waals surface area (Å²) >= 11 is 5.80. The number of alkyl halides is 3. The van der Waals surface area contributed by atoms with Crippen LogP contribution in [0.1, 0.15) is 25.2 Å². The smallest absolute Gasteiger partial charge is 0.308 e. The van der Waals surface area contributed by atoms with Crippen molar-refractivity contribution in [2.45, 2.75) is 32.6 Å². The van der Waals surface area contributed by atoms with Crippen LogP contribution in [0, 0.1) is 0 Å². The molecular formula is C11H12ClF3N4. The molecule has 0 radical (unpaired) electrons. The minimum Gasteiger partial charge on any atom is -0.308 e. The summed E-state index contributed by atoms with van der Waals surface area (Å²) in [5, 5.41) is 10.6. The van der Waals surface area contributed by atoms with Gasteiger partial charge in [-0.05, 0) is 6.07 Å². The van der Waals surface area contributed by atoms with Crippen molar-refractivity contribution < 1.29 is 13.2 Å². The summed E-state index contributed by atoms with van der Waals surface area (Å²) in [6.45, 7) is 4.17. The van der Waals surface area contributed by atoms with E-state index in [0.717, 1.165) is 12.3 Å². The Hall–Kier alpha value is -1.34. The van der Waals surface area contributed by atoms with Crippen molar-refractivity contribution in [2.24, 2.45) is 0 Å². The average Bonchev–Trinajstić information content (AvgIpc) is 2.68. The largest absolute Gasteiger partial charge is 0.417 e. The number of pyridine rings is 1. The Kier molecular flexibility index (Phi) is 3.69. The van der Waals surface area contributed by atoms with E-state index < -0.39 is 11.7 Å². The molecule has 8 heteroatoms. The Balaban J connectivity index is 2.48. The molecule has 104 valence electrons. The van der Waals surface area contributed by atoms with Crippen LogP contribution in [0.15, 0.2) is 12.3 Å². The van der Waals surface area contributed by atoms with E-state index >= 15 is 0 Å². The summed E-state index contributed by atoms with van der Waals surface area (Å²) in [6.07, 6.45) is -3.50. The minimum atomic E-state index is -4.45. The number of halogens is 4. The van der Waals surface area contributed by atoms with E-state index in [1.807, 2.05) is 13.8 Å². The molecule has 0 fully saturated rings. The van der Waals surface area contributed by atoms with Gasteiger partial charge in [-0.3, -0.25) is 4.40 Å². The molecule has 0 unspecified atom stereocenters. The Morgan fingerprint density at radius 1 is 1.37 bits per heavy atom. The van der Waals surface area contributed by atoms with Crippen molar-refractivity contribution in [3.8, 4) is 0 Å². The van der Waals surface area contributed by atoms with Crippen LogP contribution < -0.4 is 5.32 Å². The van der Waals surface area contributed by atoms with Gasteiger partial charge in [-0.15, -0.1) is 10.2 Å². The standard InChI is InChI=1S/C11H12ClF3N4/c1-6(2)16-4-9-17-18-10-8(12)3-7(5-19(9)10)11(13,14)15/h3,5-6,16H,4H2,1-2H3. The highest BCUT2D eigenvalue weighted by molar-refractivity contribution is 6.33. The number of nitrogens with one attached hydrogen (secondary N) is 1. The van der Waals surface area contributed by atoms with Crippen LogP contribution in [0.4, 0.5) is 13.2 Å². The fourth-order valence-electron chi connectivity index (χ4n) is 1.57. The van der Waals surface area contributed by atoms with Gasteiger partial charge >= 0.3 is 6.18 Å². The van der Waals surface area contributed by atoms with Gasteiger partial charge in [0.25, 0.3) is 0 Å². The molecule has 2 aromatic heterocycles. The summed E-state index contributed by atoms with van der Waals surface area (Å²) in [5.41, 5.74) is -0.606. The van der Waals surface area contributed by atoms with E-state index in [-0.39, 0.29) is 16.7 Å². The molecule has 1 N–H and O–H groups in total. The lowest BCUT2D eigenvalue weighted by atomic mass is 10.2. The van der Waals surface area contributed by atoms with Gasteiger partial charge in [-0.2, -0.15) is 13.2 Å². The van der Waals surface area contributed by atoms with Gasteiger partial charge in [-0.1, -0.05) is 25.4 Å². The minimum absolute atomic E-state index is 0.0712. The third-order valence-corrected chi connectivity index (χ3v) is 2.80. The van der Waals surface area contributed by atoms with Crippen molar-refractivity contribution in [3.05, 3.63) is 28.7 Å². The lowest BCUT2D eigenvalue weighted by Crippen LogP contribution is -2.23. The molecule has 0 aliphatic carbocycles. The van der Waals surface area contributed by atoms with E-state index in [0.29, 0.717) is 12.4 Å². The molecule has 0 aliphatic heterocycles. The fraction of sp³-hybridized carbons (Fsp3) is 0.455. The second kappa shape index (κ2) is 4.97. The van der Waals surface area contributed by atoms with Crippen LogP contribution in [0.2, 0.25) is 5.02 Å². The first-order valence-electron chi connectivity index (χ1n) is 5.63. The molecule has 0 atom stereocenters. The Morgan fingerprint density at radius 3 is 2.63 bits per heavy atom. The maximum atomic E-state index is 12.7. The van der Waals surface area contributed by atoms with Gasteiger partial charge in [0.15, 0.2) is 11.5 Å². The maximum absolute atomic E-state index is 12.7. The van der Waals surface area contributed by atoms with Crippen molar-refractivity contribution in [1.82, 2.24) is 19.9 Å². The molecule has 0 amide bonds. The van der Waals surface area contributed by atoms with E-state index in [1.54, 1.807) is 0 Å². The van der Waals surface area contributed by atoms with Crippen LogP contribution in [-0.2, 0) is 12.7 Å². The molecule has 0 aromatic carbocycles. The highest BCUT2D eigenvalue weighted by atomic mass is 35.5. The zero-order chi connectivity index (χ0) is 14.2. The van der Waals surface area contributed by atoms with E-state index in [1.165, 1.54) is 4.40 Å². The zero-order valence-corrected chi connectivity index (χ0v) is 11.0. The number of nitrogens with zero attached hydrogens (tertiary/aromatic N) is 3. The molecular weight excluding hydrogens is 281 g/mol. The number of aromatic nitrogens is 3. The van der Waals surface area contributed by atoms with Crippen LogP contribution >= 0.6 is 11.6 Å². The van der Waals surface area contributed by atoms with Crippen LogP contribution in [-0.4, -0.2) is 20.6 Å². The first-order chi connectivity index (χ1) is 8.79. The summed E-state index contributed by atoms with van der Waals surface area (Å²) in [4.78, 5) is 0. The Bertz CT molecular complexity index is 591. The first-order valence-corrected chi connectivity index (χ1v) is 6.00. The molecule has 0 saturated carbocycles. The van der Waals surface area contributed by atoms with E-state index in [2.05, 4.69) is 15.5 Å². The van der Waals surface area contributed by atoms with Crippen molar-refractivity contribution in [2.75, 3.05) is 0 Å². The molecule has 0 spiro atoms. The van der Waals surface area contributed by atoms with Gasteiger partial charge in [0.05, 0.1) is 17.1 Å². The van der Waals surface area contributed by atoms with Crippen LogP contribution in [0.25, 0.3) is 5.65 Å². The molecule has 4 nitrogen and oxygen atoms in total. The van der Waals surface area contributed by atoms with Gasteiger partial charge < -0.3 is 5.32 Å². The third kappa shape index (κ3) is 2.98. The lowest BCUT2D eigenvalue weighted by Gasteiger charge is -2.10. The molecule has 0 saturated heterocycles. The summed E-state index contributed by atoms with van der Waals surface area (Å²) in [6, 6.07) is 1.04. The summed E-state index contributed by atoms with van der Waals surface area (Å²) < 4.78 is 39.4. The fourth-order valence-corrected chi connectivity index (χ4v) is 1.82. The highest BCUT2D eigenvalue weighted by Crippen LogP contribution is 2.32. The molecule has 0 aliphatic rings. The molecule has 0 bridgehead atoms. The van der Waals surface area contributed by atoms with Gasteiger partial charge in [0.2, 0.25) is 0 Å². The summed E-state index contributed by atoms with van der Waals surface area (Å²) in [7, 11) is 0. The monoisotopic (exact) mass is 292 g/mol. The van der Waals surface area contributed by atoms with Gasteiger partial charge in [0.1, 0.15) is 0 Å². The topological polar surface area (TPSA) is 42.2 Å². The summed E-state index contributed by atoms with van der Waals surface area (Å²) in [5.74, 6) is 0.386. The third-order valence-electron chi connectivity index (χ3n) is 2.53. The van der Waals surface area contributed by atoms with E-state index in [9.17, 15) is 13.2 Å². The van der Waals surface area contributed by atoms with E-state index in [4.69, 9.17) is 11.6 Å². The number of hydrogen-bond donors (Lipinski definition) is 1. The normalized spacial score (nSPS) is 12.6. The van der Waals surface area contributed by atoms with Gasteiger partial charge in [0, 0.05) is 12.2 Å². The molecule has 2 aromatic rings. The van der Waals surface area contributed by atoms with Crippen molar-refractivity contribution in [1.29, 1.82) is 0 Å². The SMILES string of the molecule is CC(C)NCc1nnc2c(Cl)cc(C(F)(F)F)cn12. The number of rotatable bonds is 3. The predicted molar refractivity (Wildman–Crippen MR) is 65.0 cm³/mol. The first kappa shape index (κ1) is 14.1. The van der Waals surface area contributed by atoms with Crippen molar-refractivity contribution in [3.63, 3.8) is 0 Å². The molecule has 2 heterocycles. The van der Waals surface area contributed by atoms with Crippen LogP contribution in [0.5, 0.6) is 0 Å². The number of hydrogen-bond acceptors (Lipinski definition) is 3. The second-order valence-corrected chi connectivity index (χ2v) is 4.83. The van der Waals surface area contributed by atoms with Gasteiger partial charge in [-0.25, -0.2) is 0 Å². The molecule has 2 rings (SSSR count). The Labute approximate surface area is 112 Å². The quantitative estimate of drug-likeness (QED) is 0.946.